The smallest absolute Gasteiger partial charge is 0.268 e. The van der Waals surface area contributed by atoms with Crippen LogP contribution in [0.2, 0.25) is 0 Å². The van der Waals surface area contributed by atoms with E-state index in [0.29, 0.717) is 0 Å². The van der Waals surface area contributed by atoms with Crippen LogP contribution in [-0.2, 0) is 0 Å². The highest BCUT2D eigenvalue weighted by molar-refractivity contribution is 5.94. The number of halogens is 1. The van der Waals surface area contributed by atoms with E-state index < -0.39 is 11.7 Å². The summed E-state index contributed by atoms with van der Waals surface area (Å²) in [6, 6.07) is 1.27. The van der Waals surface area contributed by atoms with Crippen molar-refractivity contribution in [3.63, 3.8) is 0 Å². The van der Waals surface area contributed by atoms with Crippen LogP contribution in [0.3, 0.4) is 0 Å². The van der Waals surface area contributed by atoms with E-state index in [9.17, 15) is 9.18 Å². The predicted molar refractivity (Wildman–Crippen MR) is 49.8 cm³/mol. The monoisotopic (exact) mass is 198 g/mol. The van der Waals surface area contributed by atoms with Gasteiger partial charge in [0.25, 0.3) is 5.91 Å². The van der Waals surface area contributed by atoms with Crippen LogP contribution in [0.15, 0.2) is 12.3 Å². The van der Waals surface area contributed by atoms with E-state index in [1.165, 1.54) is 17.3 Å². The van der Waals surface area contributed by atoms with E-state index in [4.69, 9.17) is 5.73 Å². The number of nitrogens with zero attached hydrogens (tertiary/aromatic N) is 2. The van der Waals surface area contributed by atoms with Crippen LogP contribution < -0.4 is 11.2 Å². The SMILES string of the molecule is CN(C)NC(=O)c1ccnc(N)c1F. The highest BCUT2D eigenvalue weighted by atomic mass is 19.1. The number of aromatic nitrogens is 1. The van der Waals surface area contributed by atoms with E-state index in [0.717, 1.165) is 0 Å². The Bertz CT molecular complexity index is 353. The molecule has 0 atom stereocenters. The Hall–Kier alpha value is -1.69. The third-order valence-electron chi connectivity index (χ3n) is 1.49. The number of rotatable bonds is 2. The lowest BCUT2D eigenvalue weighted by molar-refractivity contribution is 0.0852. The predicted octanol–water partition coefficient (Wildman–Crippen LogP) is 0.00930. The number of carbonyl (C=O) groups excluding carboxylic acids is 1. The van der Waals surface area contributed by atoms with Crippen LogP contribution >= 0.6 is 0 Å². The van der Waals surface area contributed by atoms with Crippen LogP contribution in [0.5, 0.6) is 0 Å². The number of hydrogen-bond donors (Lipinski definition) is 2. The summed E-state index contributed by atoms with van der Waals surface area (Å²) < 4.78 is 13.2. The largest absolute Gasteiger partial charge is 0.381 e. The summed E-state index contributed by atoms with van der Waals surface area (Å²) in [6.45, 7) is 0. The average molecular weight is 198 g/mol. The van der Waals surface area contributed by atoms with E-state index >= 15 is 0 Å². The molecule has 0 aliphatic rings. The lowest BCUT2D eigenvalue weighted by Gasteiger charge is -2.12. The van der Waals surface area contributed by atoms with Gasteiger partial charge >= 0.3 is 0 Å². The summed E-state index contributed by atoms with van der Waals surface area (Å²) in [5, 5.41) is 1.42. The maximum absolute atomic E-state index is 13.2. The molecular weight excluding hydrogens is 187 g/mol. The molecule has 1 rings (SSSR count). The summed E-state index contributed by atoms with van der Waals surface area (Å²) in [5.41, 5.74) is 7.49. The number of amides is 1. The van der Waals surface area contributed by atoms with E-state index in [-0.39, 0.29) is 11.4 Å². The van der Waals surface area contributed by atoms with Gasteiger partial charge in [0, 0.05) is 20.3 Å². The molecule has 0 aromatic carbocycles. The van der Waals surface area contributed by atoms with Gasteiger partial charge in [0.05, 0.1) is 5.56 Å². The van der Waals surface area contributed by atoms with Crippen LogP contribution in [0.1, 0.15) is 10.4 Å². The standard InChI is InChI=1S/C8H11FN4O/c1-13(2)12-8(14)5-3-4-11-7(10)6(5)9/h3-4H,1-2H3,(H2,10,11)(H,12,14). The molecule has 5 nitrogen and oxygen atoms in total. The highest BCUT2D eigenvalue weighted by Gasteiger charge is 2.14. The Morgan fingerprint density at radius 1 is 1.64 bits per heavy atom. The summed E-state index contributed by atoms with van der Waals surface area (Å²) in [5.74, 6) is -1.63. The lowest BCUT2D eigenvalue weighted by Crippen LogP contribution is -2.36. The van der Waals surface area contributed by atoms with Crippen molar-refractivity contribution in [1.82, 2.24) is 15.4 Å². The van der Waals surface area contributed by atoms with Crippen LogP contribution in [-0.4, -0.2) is 30.0 Å². The van der Waals surface area contributed by atoms with Gasteiger partial charge < -0.3 is 5.73 Å². The van der Waals surface area contributed by atoms with Crippen molar-refractivity contribution in [2.75, 3.05) is 19.8 Å². The zero-order valence-corrected chi connectivity index (χ0v) is 7.91. The van der Waals surface area contributed by atoms with Gasteiger partial charge in [-0.25, -0.2) is 14.4 Å². The first-order chi connectivity index (χ1) is 6.52. The number of hydrazine groups is 1. The summed E-state index contributed by atoms with van der Waals surface area (Å²) in [7, 11) is 3.25. The fourth-order valence-electron chi connectivity index (χ4n) is 0.899. The maximum Gasteiger partial charge on any atom is 0.268 e. The topological polar surface area (TPSA) is 71.2 Å². The number of hydrogen-bond acceptors (Lipinski definition) is 4. The van der Waals surface area contributed by atoms with E-state index in [2.05, 4.69) is 10.4 Å². The zero-order chi connectivity index (χ0) is 10.7. The maximum atomic E-state index is 13.2. The van der Waals surface area contributed by atoms with Gasteiger partial charge in [0.2, 0.25) is 0 Å². The first-order valence-electron chi connectivity index (χ1n) is 3.90. The van der Waals surface area contributed by atoms with Crippen molar-refractivity contribution in [3.8, 4) is 0 Å². The van der Waals surface area contributed by atoms with Gasteiger partial charge in [-0.15, -0.1) is 0 Å². The second-order valence-corrected chi connectivity index (χ2v) is 2.89. The molecule has 0 radical (unpaired) electrons. The number of nitrogens with one attached hydrogen (secondary N) is 1. The van der Waals surface area contributed by atoms with Crippen molar-refractivity contribution in [2.45, 2.75) is 0 Å². The molecule has 76 valence electrons. The molecule has 0 saturated heterocycles. The Morgan fingerprint density at radius 3 is 2.86 bits per heavy atom. The molecule has 0 bridgehead atoms. The summed E-state index contributed by atoms with van der Waals surface area (Å²) >= 11 is 0. The van der Waals surface area contributed by atoms with Crippen molar-refractivity contribution in [3.05, 3.63) is 23.6 Å². The van der Waals surface area contributed by atoms with Gasteiger partial charge in [0.15, 0.2) is 11.6 Å². The molecule has 0 aliphatic carbocycles. The van der Waals surface area contributed by atoms with Gasteiger partial charge in [0.1, 0.15) is 0 Å². The Kier molecular flexibility index (Phi) is 2.98. The second-order valence-electron chi connectivity index (χ2n) is 2.89. The molecule has 0 saturated carbocycles. The fourth-order valence-corrected chi connectivity index (χ4v) is 0.899. The normalized spacial score (nSPS) is 10.3. The molecule has 0 unspecified atom stereocenters. The second kappa shape index (κ2) is 4.01. The molecule has 1 heterocycles. The number of anilines is 1. The van der Waals surface area contributed by atoms with Crippen molar-refractivity contribution in [2.24, 2.45) is 0 Å². The van der Waals surface area contributed by atoms with Crippen molar-refractivity contribution in [1.29, 1.82) is 0 Å². The average Bonchev–Trinajstić information content (AvgIpc) is 2.08. The molecular formula is C8H11FN4O. The number of pyridine rings is 1. The first kappa shape index (κ1) is 10.4. The third-order valence-corrected chi connectivity index (χ3v) is 1.49. The molecule has 1 aromatic heterocycles. The number of nitrogen functional groups attached to an aromatic ring is 1. The number of carbonyl (C=O) groups is 1. The van der Waals surface area contributed by atoms with Gasteiger partial charge in [-0.2, -0.15) is 0 Å². The minimum absolute atomic E-state index is 0.119. The first-order valence-corrected chi connectivity index (χ1v) is 3.90. The van der Waals surface area contributed by atoms with E-state index in [1.54, 1.807) is 14.1 Å². The molecule has 1 aromatic rings. The van der Waals surface area contributed by atoms with Gasteiger partial charge in [-0.1, -0.05) is 0 Å². The lowest BCUT2D eigenvalue weighted by atomic mass is 10.2. The Balaban J connectivity index is 2.96. The van der Waals surface area contributed by atoms with Gasteiger partial charge in [-0.05, 0) is 6.07 Å². The van der Waals surface area contributed by atoms with E-state index in [1.807, 2.05) is 0 Å². The molecule has 0 fully saturated rings. The fraction of sp³-hybridized carbons (Fsp3) is 0.250. The molecule has 0 aliphatic heterocycles. The zero-order valence-electron chi connectivity index (χ0n) is 7.91. The Labute approximate surface area is 80.7 Å². The van der Waals surface area contributed by atoms with Crippen molar-refractivity contribution < 1.29 is 9.18 Å². The quantitative estimate of drug-likeness (QED) is 0.657. The number of nitrogens with two attached hydrogens (primary N) is 1. The molecule has 6 heteroatoms. The third kappa shape index (κ3) is 2.17. The Morgan fingerprint density at radius 2 is 2.29 bits per heavy atom. The van der Waals surface area contributed by atoms with Crippen LogP contribution in [0.25, 0.3) is 0 Å². The molecule has 0 spiro atoms. The summed E-state index contributed by atoms with van der Waals surface area (Å²) in [4.78, 5) is 14.9. The highest BCUT2D eigenvalue weighted by Crippen LogP contribution is 2.11. The minimum atomic E-state index is -0.799. The van der Waals surface area contributed by atoms with Gasteiger partial charge in [-0.3, -0.25) is 10.2 Å². The molecule has 1 amide bonds. The van der Waals surface area contributed by atoms with Crippen LogP contribution in [0, 0.1) is 5.82 Å². The molecule has 3 N–H and O–H groups in total. The molecule has 14 heavy (non-hydrogen) atoms. The van der Waals surface area contributed by atoms with Crippen molar-refractivity contribution >= 4 is 11.7 Å². The minimum Gasteiger partial charge on any atom is -0.381 e. The van der Waals surface area contributed by atoms with Crippen LogP contribution in [0.4, 0.5) is 10.2 Å². The summed E-state index contributed by atoms with van der Waals surface area (Å²) in [6.07, 6.45) is 1.28.